The first-order valence-electron chi connectivity index (χ1n) is 34.0. The fourth-order valence-corrected chi connectivity index (χ4v) is 11.1. The summed E-state index contributed by atoms with van der Waals surface area (Å²) in [6, 6.07) is -0.279. The molecule has 0 unspecified atom stereocenters. The van der Waals surface area contributed by atoms with Gasteiger partial charge in [-0.05, 0) is 82.6 Å². The number of methoxy groups -OCH3 is 1. The van der Waals surface area contributed by atoms with E-state index < -0.39 is 114 Å². The first-order chi connectivity index (χ1) is 48.6. The van der Waals surface area contributed by atoms with Gasteiger partial charge in [0.05, 0.1) is 128 Å². The summed E-state index contributed by atoms with van der Waals surface area (Å²) >= 11 is 0. The summed E-state index contributed by atoms with van der Waals surface area (Å²) in [4.78, 5) is 149. The molecule has 1 aromatic carbocycles. The second-order valence-corrected chi connectivity index (χ2v) is 24.7. The van der Waals surface area contributed by atoms with Crippen molar-refractivity contribution in [3.05, 3.63) is 74.3 Å². The van der Waals surface area contributed by atoms with Crippen molar-refractivity contribution >= 4 is 70.0 Å². The topological polar surface area (TPSA) is 406 Å². The highest BCUT2D eigenvalue weighted by molar-refractivity contribution is 6.12. The summed E-state index contributed by atoms with van der Waals surface area (Å²) in [5.74, 6) is -6.64. The minimum Gasteiger partial charge on any atom is -0.458 e. The molecule has 556 valence electrons. The van der Waals surface area contributed by atoms with Crippen LogP contribution >= 0.6 is 0 Å². The molecule has 5 heterocycles. The number of benzene rings is 1. The van der Waals surface area contributed by atoms with Gasteiger partial charge in [0.2, 0.25) is 41.4 Å². The van der Waals surface area contributed by atoms with Crippen molar-refractivity contribution < 1.29 is 105 Å². The molecule has 8 N–H and O–H groups in total. The number of rotatable bonds is 49. The molecule has 32 nitrogen and oxygen atoms in total. The van der Waals surface area contributed by atoms with E-state index in [1.54, 1.807) is 26.2 Å². The second-order valence-electron chi connectivity index (χ2n) is 24.7. The number of hydrogen-bond donors (Lipinski definition) is 8. The highest BCUT2D eigenvalue weighted by Crippen LogP contribution is 2.46. The first-order valence-corrected chi connectivity index (χ1v) is 34.0. The van der Waals surface area contributed by atoms with Gasteiger partial charge in [-0.25, -0.2) is 14.2 Å². The van der Waals surface area contributed by atoms with E-state index in [2.05, 4.69) is 37.2 Å². The summed E-state index contributed by atoms with van der Waals surface area (Å²) < 4.78 is 70.5. The quantitative estimate of drug-likeness (QED) is 0.0122. The van der Waals surface area contributed by atoms with E-state index in [1.165, 1.54) is 43.6 Å². The molecule has 9 amide bonds. The third kappa shape index (κ3) is 24.8. The smallest absolute Gasteiger partial charge is 0.343 e. The Bertz CT molecular complexity index is 3460. The minimum atomic E-state index is -2.03. The largest absolute Gasteiger partial charge is 0.458 e. The fraction of sp³-hybridized carbons (Fsp3) is 0.618. The molecule has 3 aromatic rings. The lowest BCUT2D eigenvalue weighted by molar-refractivity contribution is -0.173. The van der Waals surface area contributed by atoms with Gasteiger partial charge in [-0.2, -0.15) is 0 Å². The first kappa shape index (κ1) is 80.1. The van der Waals surface area contributed by atoms with E-state index in [1.807, 2.05) is 0 Å². The molecule has 0 radical (unpaired) electrons. The number of aliphatic hydroxyl groups is 1. The molecule has 1 saturated carbocycles. The highest BCUT2D eigenvalue weighted by atomic mass is 19.1. The lowest BCUT2D eigenvalue weighted by atomic mass is 9.84. The number of carbonyl (C=O) groups excluding carboxylic acids is 10. The van der Waals surface area contributed by atoms with Gasteiger partial charge in [0.15, 0.2) is 5.60 Å². The number of nitrogens with zero attached hydrogens (tertiary/aromatic N) is 3. The maximum atomic E-state index is 15.1. The number of imide groups is 1. The number of pyridine rings is 2. The SMILES string of the molecule is COCCOCCOCCOCCOCCOCCOCCOCCNC(=O)[C@H](CCC(=O)N[C@@H](C)C(=O)N[C@@H](C)C(=O)N[C@@H](C)C(=O)NCOCC(=O)NCc1c2c(nc3cc(F)c(C)cc13)-c1cc3c(c(=O)n1C2)COC(=O)[C@]3(O)CC1CC1)NC(=O)CCCCCN1C(=O)C=CC1=O. The second kappa shape index (κ2) is 41.0. The van der Waals surface area contributed by atoms with Gasteiger partial charge in [-0.15, -0.1) is 0 Å². The zero-order valence-electron chi connectivity index (χ0n) is 57.9. The molecule has 1 aliphatic carbocycles. The van der Waals surface area contributed by atoms with Crippen molar-refractivity contribution in [2.45, 2.75) is 135 Å². The molecule has 1 fully saturated rings. The van der Waals surface area contributed by atoms with Crippen LogP contribution in [0.15, 0.2) is 35.1 Å². The number of esters is 1. The predicted octanol–water partition coefficient (Wildman–Crippen LogP) is -0.233. The number of amides is 9. The monoisotopic (exact) mass is 1420 g/mol. The van der Waals surface area contributed by atoms with Gasteiger partial charge >= 0.3 is 5.97 Å². The molecule has 101 heavy (non-hydrogen) atoms. The number of fused-ring (bicyclic) bond motifs is 5. The Morgan fingerprint density at radius 2 is 1.21 bits per heavy atom. The highest BCUT2D eigenvalue weighted by Gasteiger charge is 2.50. The van der Waals surface area contributed by atoms with E-state index in [4.69, 9.17) is 52.4 Å². The van der Waals surface area contributed by atoms with Crippen molar-refractivity contribution in [2.24, 2.45) is 5.92 Å². The van der Waals surface area contributed by atoms with Gasteiger partial charge < -0.3 is 94.3 Å². The molecule has 0 bridgehead atoms. The number of cyclic esters (lactones) is 1. The molecule has 2 aromatic heterocycles. The van der Waals surface area contributed by atoms with Crippen LogP contribution in [0.3, 0.4) is 0 Å². The Kier molecular flexibility index (Phi) is 32.5. The third-order valence-electron chi connectivity index (χ3n) is 16.9. The molecular weight excluding hydrogens is 1330 g/mol. The Hall–Kier alpha value is -8.25. The molecular formula is C68H95FN10O22. The number of hydrogen-bond acceptors (Lipinski definition) is 23. The number of aryl methyl sites for hydroxylation is 1. The number of unbranched alkanes of at least 4 members (excludes halogenated alkanes) is 2. The third-order valence-corrected chi connectivity index (χ3v) is 16.9. The van der Waals surface area contributed by atoms with Crippen molar-refractivity contribution in [2.75, 3.05) is 133 Å². The molecule has 33 heteroatoms. The average molecular weight is 1420 g/mol. The number of ether oxygens (including phenoxy) is 10. The summed E-state index contributed by atoms with van der Waals surface area (Å²) in [6.45, 7) is 10.3. The van der Waals surface area contributed by atoms with E-state index in [0.29, 0.717) is 132 Å². The van der Waals surface area contributed by atoms with E-state index in [9.17, 15) is 57.8 Å². The average Bonchev–Trinajstić information content (AvgIpc) is 1.61. The van der Waals surface area contributed by atoms with Crippen LogP contribution in [-0.4, -0.2) is 235 Å². The van der Waals surface area contributed by atoms with Crippen LogP contribution in [0.4, 0.5) is 4.39 Å². The molecule has 0 saturated heterocycles. The number of nitrogens with one attached hydrogen (secondary N) is 7. The Balaban J connectivity index is 0.775. The number of halogens is 1. The van der Waals surface area contributed by atoms with E-state index in [0.717, 1.165) is 17.7 Å². The minimum absolute atomic E-state index is 0.00686. The van der Waals surface area contributed by atoms with Crippen molar-refractivity contribution in [3.8, 4) is 11.4 Å². The number of aromatic nitrogens is 2. The molecule has 7 rings (SSSR count). The van der Waals surface area contributed by atoms with Gasteiger partial charge in [0, 0.05) is 74.3 Å². The van der Waals surface area contributed by atoms with Crippen LogP contribution in [0.1, 0.15) is 106 Å². The molecule has 3 aliphatic heterocycles. The van der Waals surface area contributed by atoms with Crippen molar-refractivity contribution in [1.82, 2.24) is 51.7 Å². The van der Waals surface area contributed by atoms with Crippen LogP contribution in [0.5, 0.6) is 0 Å². The van der Waals surface area contributed by atoms with Crippen molar-refractivity contribution in [1.29, 1.82) is 0 Å². The van der Waals surface area contributed by atoms with Crippen LogP contribution < -0.4 is 42.8 Å². The van der Waals surface area contributed by atoms with Gasteiger partial charge in [-0.1, -0.05) is 19.3 Å². The van der Waals surface area contributed by atoms with Gasteiger partial charge in [-0.3, -0.25) is 52.8 Å². The summed E-state index contributed by atoms with van der Waals surface area (Å²) in [7, 11) is 1.61. The molecule has 5 atom stereocenters. The lowest BCUT2D eigenvalue weighted by Gasteiger charge is -2.32. The van der Waals surface area contributed by atoms with E-state index >= 15 is 4.39 Å². The van der Waals surface area contributed by atoms with Crippen LogP contribution in [-0.2, 0) is 121 Å². The van der Waals surface area contributed by atoms with Crippen molar-refractivity contribution in [3.63, 3.8) is 0 Å². The summed E-state index contributed by atoms with van der Waals surface area (Å²) in [5.41, 5.74) is 0.0886. The normalized spacial score (nSPS) is 16.4. The maximum Gasteiger partial charge on any atom is 0.343 e. The zero-order chi connectivity index (χ0) is 72.8. The van der Waals surface area contributed by atoms with E-state index in [-0.39, 0.29) is 101 Å². The maximum absolute atomic E-state index is 15.1. The Labute approximate surface area is 583 Å². The summed E-state index contributed by atoms with van der Waals surface area (Å²) in [6.07, 6.45) is 5.00. The van der Waals surface area contributed by atoms with Gasteiger partial charge in [0.1, 0.15) is 49.9 Å². The number of carbonyl (C=O) groups is 10. The molecule has 0 spiro atoms. The predicted molar refractivity (Wildman–Crippen MR) is 356 cm³/mol. The molecule has 4 aliphatic rings. The Morgan fingerprint density at radius 1 is 0.644 bits per heavy atom. The van der Waals surface area contributed by atoms with Crippen LogP contribution in [0, 0.1) is 18.7 Å². The Morgan fingerprint density at radius 3 is 1.80 bits per heavy atom. The van der Waals surface area contributed by atoms with Crippen LogP contribution in [0.25, 0.3) is 22.3 Å². The summed E-state index contributed by atoms with van der Waals surface area (Å²) in [5, 5.41) is 30.3. The zero-order valence-corrected chi connectivity index (χ0v) is 57.9. The fourth-order valence-electron chi connectivity index (χ4n) is 11.1. The lowest BCUT2D eigenvalue weighted by Crippen LogP contribution is -2.54. The van der Waals surface area contributed by atoms with Gasteiger partial charge in [0.25, 0.3) is 17.4 Å². The standard InChI is InChI=1S/C68H95FN10O22/c1-42-33-47-48(49-38-79-55(61(49)77-54(47)35-52(42)69)34-51-50(66(79)89)39-101-67(90)68(51,91)36-46-10-11-46)37-71-58(82)40-100-41-72-62(85)43(2)74-64(87)45(4)75-63(86)44(3)73-57(81)13-12-53(76-56(80)9-7-6-8-17-78-59(83)14-15-60(78)84)65(88)70-16-18-93-21-22-95-25-26-97-29-30-99-32-31-98-28-27-96-24-23-94-20-19-92-5/h14-15,33-35,43-46,53,91H,6-13,16-32,36-41H2,1-5H3,(H,70,88)(H,71,82)(H,72,85)(H,73,81)(H,74,87)(H,75,86)(H,76,80)/t43-,44-,45-,53-,68-/m0/s1. The van der Waals surface area contributed by atoms with Crippen LogP contribution in [0.2, 0.25) is 0 Å².